The molecule has 0 atom stereocenters. The van der Waals surface area contributed by atoms with Crippen LogP contribution in [0.4, 0.5) is 0 Å². The third-order valence-corrected chi connectivity index (χ3v) is 6.79. The van der Waals surface area contributed by atoms with Gasteiger partial charge < -0.3 is 9.47 Å². The van der Waals surface area contributed by atoms with Crippen LogP contribution in [0.1, 0.15) is 71.8 Å². The lowest BCUT2D eigenvalue weighted by Crippen LogP contribution is -2.37. The van der Waals surface area contributed by atoms with Crippen molar-refractivity contribution in [3.8, 4) is 5.75 Å². The molecule has 0 saturated heterocycles. The van der Waals surface area contributed by atoms with E-state index in [4.69, 9.17) is 32.7 Å². The van der Waals surface area contributed by atoms with Gasteiger partial charge >= 0.3 is 0 Å². The molecule has 0 aromatic heterocycles. The standard InChI is InChI=1S/C25H28Cl2O4/c1-6-30-23-14(26)7-13(8-15(23)27)20-21-16(28)9-24(2,3)11-18(21)31-19-12-25(4,5)10-17(29)22(19)20/h7-8,20H,6,9-12H2,1-5H3. The van der Waals surface area contributed by atoms with Crippen molar-refractivity contribution in [1.82, 2.24) is 0 Å². The molecule has 0 N–H and O–H groups in total. The second-order valence-electron chi connectivity index (χ2n) is 10.3. The summed E-state index contributed by atoms with van der Waals surface area (Å²) < 4.78 is 11.9. The van der Waals surface area contributed by atoms with Crippen LogP contribution in [-0.2, 0) is 14.3 Å². The van der Waals surface area contributed by atoms with Crippen LogP contribution in [0.5, 0.6) is 5.75 Å². The maximum Gasteiger partial charge on any atom is 0.163 e. The highest BCUT2D eigenvalue weighted by Crippen LogP contribution is 2.54. The molecule has 6 heteroatoms. The number of halogens is 2. The average Bonchev–Trinajstić information content (AvgIpc) is 2.60. The van der Waals surface area contributed by atoms with Crippen LogP contribution in [0.3, 0.4) is 0 Å². The minimum atomic E-state index is -0.517. The summed E-state index contributed by atoms with van der Waals surface area (Å²) in [7, 11) is 0. The van der Waals surface area contributed by atoms with Crippen LogP contribution >= 0.6 is 23.2 Å². The number of benzene rings is 1. The fourth-order valence-electron chi connectivity index (χ4n) is 5.04. The van der Waals surface area contributed by atoms with E-state index in [9.17, 15) is 9.59 Å². The van der Waals surface area contributed by atoms with E-state index in [0.29, 0.717) is 70.7 Å². The quantitative estimate of drug-likeness (QED) is 0.495. The third kappa shape index (κ3) is 4.05. The Morgan fingerprint density at radius 1 is 0.903 bits per heavy atom. The SMILES string of the molecule is CCOc1c(Cl)cc(C2C3=C(CC(C)(C)CC3=O)OC3=C2C(=O)CC(C)(C)C3)cc1Cl. The summed E-state index contributed by atoms with van der Waals surface area (Å²) in [5.74, 6) is 1.28. The van der Waals surface area contributed by atoms with Crippen LogP contribution in [0.25, 0.3) is 0 Å². The Morgan fingerprint density at radius 2 is 1.35 bits per heavy atom. The molecule has 1 aromatic carbocycles. The van der Waals surface area contributed by atoms with E-state index >= 15 is 0 Å². The van der Waals surface area contributed by atoms with Gasteiger partial charge in [-0.2, -0.15) is 0 Å². The van der Waals surface area contributed by atoms with Crippen LogP contribution in [0, 0.1) is 10.8 Å². The van der Waals surface area contributed by atoms with E-state index in [1.54, 1.807) is 12.1 Å². The molecule has 4 rings (SSSR count). The van der Waals surface area contributed by atoms with Crippen molar-refractivity contribution >= 4 is 34.8 Å². The molecule has 31 heavy (non-hydrogen) atoms. The first-order chi connectivity index (χ1) is 14.4. The van der Waals surface area contributed by atoms with Crippen LogP contribution < -0.4 is 4.74 Å². The van der Waals surface area contributed by atoms with E-state index in [0.717, 1.165) is 5.56 Å². The van der Waals surface area contributed by atoms with Gasteiger partial charge in [-0.1, -0.05) is 50.9 Å². The van der Waals surface area contributed by atoms with Gasteiger partial charge in [-0.3, -0.25) is 9.59 Å². The molecule has 1 aromatic rings. The van der Waals surface area contributed by atoms with E-state index in [1.165, 1.54) is 0 Å². The molecule has 1 aliphatic heterocycles. The summed E-state index contributed by atoms with van der Waals surface area (Å²) in [5, 5.41) is 0.736. The summed E-state index contributed by atoms with van der Waals surface area (Å²) in [5.41, 5.74) is 1.48. The van der Waals surface area contributed by atoms with Crippen molar-refractivity contribution < 1.29 is 19.1 Å². The maximum absolute atomic E-state index is 13.3. The smallest absolute Gasteiger partial charge is 0.163 e. The highest BCUT2D eigenvalue weighted by Gasteiger charge is 2.48. The van der Waals surface area contributed by atoms with E-state index in [-0.39, 0.29) is 22.4 Å². The Kier molecular flexibility index (Phi) is 5.54. The normalized spacial score (nSPS) is 22.8. The monoisotopic (exact) mass is 462 g/mol. The lowest BCUT2D eigenvalue weighted by atomic mass is 9.65. The molecule has 0 unspecified atom stereocenters. The summed E-state index contributed by atoms with van der Waals surface area (Å²) in [6, 6.07) is 3.54. The van der Waals surface area contributed by atoms with E-state index < -0.39 is 5.92 Å². The second-order valence-corrected chi connectivity index (χ2v) is 11.2. The van der Waals surface area contributed by atoms with Gasteiger partial charge in [0.25, 0.3) is 0 Å². The number of hydrogen-bond donors (Lipinski definition) is 0. The molecule has 0 saturated carbocycles. The average molecular weight is 463 g/mol. The molecule has 2 aliphatic carbocycles. The molecule has 0 spiro atoms. The highest BCUT2D eigenvalue weighted by molar-refractivity contribution is 6.37. The van der Waals surface area contributed by atoms with Crippen molar-refractivity contribution in [2.45, 2.75) is 66.2 Å². The van der Waals surface area contributed by atoms with Gasteiger partial charge in [0.15, 0.2) is 17.3 Å². The number of Topliss-reactive ketones (excluding diaryl/α,β-unsaturated/α-hetero) is 2. The molecule has 4 nitrogen and oxygen atoms in total. The Balaban J connectivity index is 1.92. The number of carbonyl (C=O) groups is 2. The zero-order valence-electron chi connectivity index (χ0n) is 18.7. The summed E-state index contributed by atoms with van der Waals surface area (Å²) in [4.78, 5) is 26.6. The van der Waals surface area contributed by atoms with Gasteiger partial charge in [-0.25, -0.2) is 0 Å². The van der Waals surface area contributed by atoms with Gasteiger partial charge in [-0.15, -0.1) is 0 Å². The van der Waals surface area contributed by atoms with Crippen molar-refractivity contribution in [2.75, 3.05) is 6.61 Å². The van der Waals surface area contributed by atoms with Crippen LogP contribution in [0.15, 0.2) is 34.8 Å². The van der Waals surface area contributed by atoms with Gasteiger partial charge in [0.2, 0.25) is 0 Å². The van der Waals surface area contributed by atoms with Gasteiger partial charge in [0, 0.05) is 42.7 Å². The minimum absolute atomic E-state index is 0.0153. The van der Waals surface area contributed by atoms with Gasteiger partial charge in [-0.05, 0) is 35.4 Å². The predicted octanol–water partition coefficient (Wildman–Crippen LogP) is 6.79. The van der Waals surface area contributed by atoms with E-state index in [1.807, 2.05) is 6.92 Å². The predicted molar refractivity (Wildman–Crippen MR) is 122 cm³/mol. The molecule has 3 aliphatic rings. The van der Waals surface area contributed by atoms with Crippen molar-refractivity contribution in [2.24, 2.45) is 10.8 Å². The van der Waals surface area contributed by atoms with Gasteiger partial charge in [0.1, 0.15) is 11.5 Å². The second kappa shape index (κ2) is 7.67. The number of hydrogen-bond acceptors (Lipinski definition) is 4. The van der Waals surface area contributed by atoms with Crippen molar-refractivity contribution in [3.05, 3.63) is 50.4 Å². The summed E-state index contributed by atoms with van der Waals surface area (Å²) >= 11 is 13.0. The van der Waals surface area contributed by atoms with Gasteiger partial charge in [0.05, 0.1) is 16.7 Å². The fourth-order valence-corrected chi connectivity index (χ4v) is 5.65. The van der Waals surface area contributed by atoms with Crippen LogP contribution in [-0.4, -0.2) is 18.2 Å². The molecular formula is C25H28Cl2O4. The molecule has 1 heterocycles. The number of ketones is 2. The van der Waals surface area contributed by atoms with Crippen molar-refractivity contribution in [3.63, 3.8) is 0 Å². The Morgan fingerprint density at radius 3 is 1.77 bits per heavy atom. The first-order valence-corrected chi connectivity index (χ1v) is 11.5. The number of ether oxygens (including phenoxy) is 2. The number of rotatable bonds is 3. The number of allylic oxidation sites excluding steroid dienone is 4. The van der Waals surface area contributed by atoms with E-state index in [2.05, 4.69) is 27.7 Å². The highest BCUT2D eigenvalue weighted by atomic mass is 35.5. The number of carbonyl (C=O) groups excluding carboxylic acids is 2. The largest absolute Gasteiger partial charge is 0.491 e. The Hall–Kier alpha value is -1.78. The fraction of sp³-hybridized carbons (Fsp3) is 0.520. The third-order valence-electron chi connectivity index (χ3n) is 6.22. The summed E-state index contributed by atoms with van der Waals surface area (Å²) in [6.07, 6.45) is 2.11. The topological polar surface area (TPSA) is 52.6 Å². The Labute approximate surface area is 193 Å². The lowest BCUT2D eigenvalue weighted by Gasteiger charge is -2.42. The molecule has 0 radical (unpaired) electrons. The minimum Gasteiger partial charge on any atom is -0.491 e. The zero-order valence-corrected chi connectivity index (χ0v) is 20.2. The summed E-state index contributed by atoms with van der Waals surface area (Å²) in [6.45, 7) is 10.6. The molecule has 0 fully saturated rings. The molecular weight excluding hydrogens is 435 g/mol. The molecule has 0 amide bonds. The Bertz CT molecular complexity index is 971. The maximum atomic E-state index is 13.3. The lowest BCUT2D eigenvalue weighted by molar-refractivity contribution is -0.120. The molecule has 0 bridgehead atoms. The van der Waals surface area contributed by atoms with Crippen LogP contribution in [0.2, 0.25) is 10.0 Å². The first kappa shape index (κ1) is 22.4. The zero-order chi connectivity index (χ0) is 22.7. The molecule has 166 valence electrons. The van der Waals surface area contributed by atoms with Crippen molar-refractivity contribution in [1.29, 1.82) is 0 Å². The first-order valence-electron chi connectivity index (χ1n) is 10.7.